The summed E-state index contributed by atoms with van der Waals surface area (Å²) < 4.78 is 43.4. The molecule has 6 N–H and O–H groups in total. The summed E-state index contributed by atoms with van der Waals surface area (Å²) in [5, 5.41) is 5.79. The third kappa shape index (κ3) is 29.1. The molecule has 0 aliphatic heterocycles. The van der Waals surface area contributed by atoms with Crippen molar-refractivity contribution < 1.29 is 52.3 Å². The average Bonchev–Trinajstić information content (AvgIpc) is 3.13. The first-order valence-corrected chi connectivity index (χ1v) is 19.4. The molecule has 0 radical (unpaired) electrons. The molecule has 16 nitrogen and oxygen atoms in total. The third-order valence-corrected chi connectivity index (χ3v) is 8.01. The predicted molar refractivity (Wildman–Crippen MR) is 208 cm³/mol. The van der Waals surface area contributed by atoms with Crippen LogP contribution < -0.4 is 22.1 Å². The van der Waals surface area contributed by atoms with Gasteiger partial charge in [0, 0.05) is 38.7 Å². The van der Waals surface area contributed by atoms with Crippen LogP contribution in [0, 0.1) is 11.3 Å². The summed E-state index contributed by atoms with van der Waals surface area (Å²) in [5.41, 5.74) is 11.7. The number of carbonyl (C=O) groups is 3. The van der Waals surface area contributed by atoms with Crippen molar-refractivity contribution in [2.45, 2.75) is 72.9 Å². The molecule has 2 unspecified atom stereocenters. The minimum Gasteiger partial charge on any atom is -0.379 e. The van der Waals surface area contributed by atoms with E-state index in [9.17, 15) is 14.4 Å². The van der Waals surface area contributed by atoms with Crippen molar-refractivity contribution in [3.05, 3.63) is 11.6 Å². The van der Waals surface area contributed by atoms with E-state index in [1.807, 2.05) is 40.7 Å². The summed E-state index contributed by atoms with van der Waals surface area (Å²) in [7, 11) is 1.73. The fraction of sp³-hybridized carbons (Fsp3) is 0.868. The molecule has 0 aromatic carbocycles. The molecule has 0 rings (SSSR count). The van der Waals surface area contributed by atoms with Crippen LogP contribution in [0.5, 0.6) is 0 Å². The summed E-state index contributed by atoms with van der Waals surface area (Å²) >= 11 is 0. The lowest BCUT2D eigenvalue weighted by molar-refractivity contribution is -0.135. The summed E-state index contributed by atoms with van der Waals surface area (Å²) in [4.78, 5) is 39.3. The smallest absolute Gasteiger partial charge is 0.246 e. The summed E-state index contributed by atoms with van der Waals surface area (Å²) in [6.07, 6.45) is 3.54. The topological polar surface area (TPSA) is 204 Å². The Balaban J connectivity index is 3.67. The van der Waals surface area contributed by atoms with Gasteiger partial charge in [0.05, 0.1) is 118 Å². The second-order valence-electron chi connectivity index (χ2n) is 14.1. The van der Waals surface area contributed by atoms with Crippen molar-refractivity contribution in [1.29, 1.82) is 0 Å². The lowest BCUT2D eigenvalue weighted by atomic mass is 9.86. The number of nitrogens with two attached hydrogens (primary N) is 2. The average molecular weight is 778 g/mol. The van der Waals surface area contributed by atoms with E-state index in [4.69, 9.17) is 49.4 Å². The van der Waals surface area contributed by atoms with E-state index in [0.29, 0.717) is 137 Å². The first kappa shape index (κ1) is 51.8. The number of hydrogen-bond acceptors (Lipinski definition) is 13. The lowest BCUT2D eigenvalue weighted by Gasteiger charge is -2.35. The number of rotatable bonds is 36. The van der Waals surface area contributed by atoms with Gasteiger partial charge in [-0.25, -0.2) is 0 Å². The van der Waals surface area contributed by atoms with Crippen molar-refractivity contribution in [1.82, 2.24) is 15.5 Å². The molecule has 0 aromatic heterocycles. The number of ether oxygens (including phenoxy) is 8. The molecule has 0 saturated carbocycles. The molecule has 16 heteroatoms. The Kier molecular flexibility index (Phi) is 32.6. The molecular formula is C38H75N5O11. The van der Waals surface area contributed by atoms with Crippen molar-refractivity contribution >= 4 is 17.7 Å². The summed E-state index contributed by atoms with van der Waals surface area (Å²) in [6.45, 7) is 20.7. The summed E-state index contributed by atoms with van der Waals surface area (Å²) in [5.74, 6) is -0.314. The minimum atomic E-state index is -0.639. The van der Waals surface area contributed by atoms with Gasteiger partial charge in [-0.2, -0.15) is 0 Å². The van der Waals surface area contributed by atoms with Gasteiger partial charge in [-0.3, -0.25) is 14.4 Å². The van der Waals surface area contributed by atoms with E-state index in [1.54, 1.807) is 18.9 Å². The third-order valence-electron chi connectivity index (χ3n) is 8.01. The van der Waals surface area contributed by atoms with Gasteiger partial charge in [0.2, 0.25) is 17.7 Å². The van der Waals surface area contributed by atoms with E-state index in [0.717, 1.165) is 6.42 Å². The lowest BCUT2D eigenvalue weighted by Crippen LogP contribution is -2.52. The number of hydrogen-bond donors (Lipinski definition) is 4. The number of likely N-dealkylation sites (N-methyl/N-ethyl adjacent to an activating group) is 1. The normalized spacial score (nSPS) is 13.3. The van der Waals surface area contributed by atoms with Crippen LogP contribution in [0.4, 0.5) is 0 Å². The molecule has 0 spiro atoms. The Morgan fingerprint density at radius 2 is 1.02 bits per heavy atom. The first-order chi connectivity index (χ1) is 25.8. The molecule has 2 atom stereocenters. The highest BCUT2D eigenvalue weighted by molar-refractivity contribution is 5.93. The standard InChI is InChI=1S/C38H75N5O11/c1-31(2)33(43(7)37(46)35(40)38(4,5)6)30-32(3)36(45)42-13-9-8-12-41-34(44)10-14-47-16-18-49-20-22-51-24-26-53-28-29-54-27-25-52-23-21-50-19-17-48-15-11-39/h30-31,33,35H,8-29,39-40H2,1-7H3,(H,41,44)(H,42,45). The van der Waals surface area contributed by atoms with E-state index >= 15 is 0 Å². The Morgan fingerprint density at radius 3 is 1.39 bits per heavy atom. The van der Waals surface area contributed by atoms with Crippen LogP contribution in [-0.2, 0) is 52.3 Å². The molecule has 0 aliphatic carbocycles. The second-order valence-corrected chi connectivity index (χ2v) is 14.1. The van der Waals surface area contributed by atoms with Crippen molar-refractivity contribution in [3.8, 4) is 0 Å². The monoisotopic (exact) mass is 778 g/mol. The highest BCUT2D eigenvalue weighted by atomic mass is 16.6. The molecule has 318 valence electrons. The number of amides is 3. The Bertz CT molecular complexity index is 982. The van der Waals surface area contributed by atoms with E-state index in [2.05, 4.69) is 10.6 Å². The van der Waals surface area contributed by atoms with Gasteiger partial charge in [0.1, 0.15) is 0 Å². The number of unbranched alkanes of at least 4 members (excludes halogenated alkanes) is 1. The quantitative estimate of drug-likeness (QED) is 0.0524. The zero-order chi connectivity index (χ0) is 40.5. The predicted octanol–water partition coefficient (Wildman–Crippen LogP) is 1.28. The van der Waals surface area contributed by atoms with Gasteiger partial charge < -0.3 is 64.9 Å². The zero-order valence-electron chi connectivity index (χ0n) is 34.5. The maximum absolute atomic E-state index is 12.9. The fourth-order valence-corrected chi connectivity index (χ4v) is 4.62. The van der Waals surface area contributed by atoms with Crippen LogP contribution in [-0.4, -0.2) is 167 Å². The van der Waals surface area contributed by atoms with Crippen LogP contribution in [0.2, 0.25) is 0 Å². The molecule has 0 aromatic rings. The van der Waals surface area contributed by atoms with E-state index < -0.39 is 6.04 Å². The Morgan fingerprint density at radius 1 is 0.648 bits per heavy atom. The van der Waals surface area contributed by atoms with Gasteiger partial charge in [0.15, 0.2) is 0 Å². The number of nitrogens with zero attached hydrogens (tertiary/aromatic N) is 1. The molecular weight excluding hydrogens is 702 g/mol. The molecule has 0 saturated heterocycles. The van der Waals surface area contributed by atoms with Crippen LogP contribution in [0.15, 0.2) is 11.6 Å². The molecule has 54 heavy (non-hydrogen) atoms. The van der Waals surface area contributed by atoms with Gasteiger partial charge in [0.25, 0.3) is 0 Å². The highest BCUT2D eigenvalue weighted by Crippen LogP contribution is 2.22. The molecule has 0 aliphatic rings. The van der Waals surface area contributed by atoms with Gasteiger partial charge in [-0.15, -0.1) is 0 Å². The SMILES string of the molecule is CC(=CC(C(C)C)N(C)C(=O)C(N)C(C)(C)C)C(=O)NCCCCNC(=O)CCOCCOCCOCCOCCOCCOCCOCCOCCN. The molecule has 0 heterocycles. The number of carbonyl (C=O) groups excluding carboxylic acids is 3. The van der Waals surface area contributed by atoms with E-state index in [1.165, 1.54) is 0 Å². The van der Waals surface area contributed by atoms with Crippen LogP contribution in [0.1, 0.15) is 60.8 Å². The van der Waals surface area contributed by atoms with Gasteiger partial charge >= 0.3 is 0 Å². The van der Waals surface area contributed by atoms with Crippen molar-refractivity contribution in [2.24, 2.45) is 22.8 Å². The first-order valence-electron chi connectivity index (χ1n) is 19.4. The molecule has 0 bridgehead atoms. The van der Waals surface area contributed by atoms with Crippen LogP contribution in [0.3, 0.4) is 0 Å². The zero-order valence-corrected chi connectivity index (χ0v) is 34.5. The van der Waals surface area contributed by atoms with Crippen molar-refractivity contribution in [2.75, 3.05) is 132 Å². The maximum Gasteiger partial charge on any atom is 0.246 e. The number of nitrogens with one attached hydrogen (secondary N) is 2. The van der Waals surface area contributed by atoms with Gasteiger partial charge in [-0.05, 0) is 31.1 Å². The molecule has 0 fully saturated rings. The van der Waals surface area contributed by atoms with Crippen LogP contribution >= 0.6 is 0 Å². The van der Waals surface area contributed by atoms with E-state index in [-0.39, 0.29) is 41.5 Å². The summed E-state index contributed by atoms with van der Waals surface area (Å²) in [6, 6.07) is -0.897. The fourth-order valence-electron chi connectivity index (χ4n) is 4.62. The second kappa shape index (κ2) is 34.0. The molecule has 3 amide bonds. The maximum atomic E-state index is 12.9. The van der Waals surface area contributed by atoms with Crippen LogP contribution in [0.25, 0.3) is 0 Å². The Labute approximate surface area is 324 Å². The Hall–Kier alpha value is -2.25. The highest BCUT2D eigenvalue weighted by Gasteiger charge is 2.33. The minimum absolute atomic E-state index is 0.0853. The van der Waals surface area contributed by atoms with Crippen molar-refractivity contribution in [3.63, 3.8) is 0 Å². The largest absolute Gasteiger partial charge is 0.379 e. The van der Waals surface area contributed by atoms with Gasteiger partial charge in [-0.1, -0.05) is 40.7 Å².